The first-order valence-corrected chi connectivity index (χ1v) is 12.5. The molecule has 2 saturated heterocycles. The van der Waals surface area contributed by atoms with Crippen molar-refractivity contribution in [1.82, 2.24) is 0 Å². The summed E-state index contributed by atoms with van der Waals surface area (Å²) in [6.45, 7) is 20.3. The number of aryl methyl sites for hydroxylation is 4. The molecule has 2 aromatic carbocycles. The second-order valence-electron chi connectivity index (χ2n) is 10.3. The van der Waals surface area contributed by atoms with E-state index in [-0.39, 0.29) is 24.0 Å². The molecule has 37 heavy (non-hydrogen) atoms. The molecule has 2 heterocycles. The van der Waals surface area contributed by atoms with Crippen LogP contribution in [0.25, 0.3) is 0 Å². The first kappa shape index (κ1) is 26.8. The van der Waals surface area contributed by atoms with Crippen LogP contribution in [0.5, 0.6) is 0 Å². The van der Waals surface area contributed by atoms with Crippen LogP contribution in [0.2, 0.25) is 0 Å². The molecule has 4 atom stereocenters. The molecule has 2 aliphatic heterocycles. The highest BCUT2D eigenvalue weighted by molar-refractivity contribution is 6.00. The molecule has 4 rings (SSSR count). The number of hydrogen-bond donors (Lipinski definition) is 2. The minimum absolute atomic E-state index is 0.121. The molecule has 0 saturated carbocycles. The maximum absolute atomic E-state index is 11.9. The van der Waals surface area contributed by atoms with Crippen LogP contribution in [0.1, 0.15) is 47.2 Å². The van der Waals surface area contributed by atoms with Gasteiger partial charge >= 0.3 is 0 Å². The molecule has 0 bridgehead atoms. The molecule has 0 aliphatic carbocycles. The van der Waals surface area contributed by atoms with Gasteiger partial charge in [-0.3, -0.25) is 9.59 Å². The van der Waals surface area contributed by atoms with E-state index in [2.05, 4.69) is 49.8 Å². The van der Waals surface area contributed by atoms with Crippen LogP contribution in [0.4, 0.5) is 11.4 Å². The van der Waals surface area contributed by atoms with E-state index in [1.807, 2.05) is 39.8 Å². The smallest absolute Gasteiger partial charge is 0.247 e. The molecule has 4 unspecified atom stereocenters. The van der Waals surface area contributed by atoms with Gasteiger partial charge < -0.3 is 24.8 Å². The van der Waals surface area contributed by atoms with Crippen LogP contribution in [-0.2, 0) is 35.0 Å². The zero-order valence-corrected chi connectivity index (χ0v) is 22.5. The second kappa shape index (κ2) is 9.89. The average molecular weight is 505 g/mol. The fraction of sp³-hybridized carbons (Fsp3) is 0.400. The largest absolute Gasteiger partial charge is 0.370 e. The summed E-state index contributed by atoms with van der Waals surface area (Å²) in [4.78, 5) is 23.8. The lowest BCUT2D eigenvalue weighted by Gasteiger charge is -2.41. The lowest BCUT2D eigenvalue weighted by atomic mass is 9.83. The molecular weight excluding hydrogens is 468 g/mol. The maximum Gasteiger partial charge on any atom is 0.247 e. The molecule has 0 radical (unpaired) electrons. The third kappa shape index (κ3) is 5.25. The summed E-state index contributed by atoms with van der Waals surface area (Å²) in [5, 5.41) is 5.76. The quantitative estimate of drug-likeness (QED) is 0.346. The lowest BCUT2D eigenvalue weighted by Crippen LogP contribution is -2.45. The van der Waals surface area contributed by atoms with Crippen molar-refractivity contribution in [1.29, 1.82) is 0 Å². The molecule has 7 nitrogen and oxygen atoms in total. The van der Waals surface area contributed by atoms with Gasteiger partial charge in [0.15, 0.2) is 0 Å². The van der Waals surface area contributed by atoms with Gasteiger partial charge in [-0.2, -0.15) is 0 Å². The summed E-state index contributed by atoms with van der Waals surface area (Å²) in [5.41, 5.74) is 5.74. The Morgan fingerprint density at radius 3 is 1.43 bits per heavy atom. The van der Waals surface area contributed by atoms with Crippen molar-refractivity contribution in [2.75, 3.05) is 23.8 Å². The van der Waals surface area contributed by atoms with Crippen LogP contribution < -0.4 is 10.6 Å². The van der Waals surface area contributed by atoms with Gasteiger partial charge in [-0.15, -0.1) is 0 Å². The fourth-order valence-electron chi connectivity index (χ4n) is 5.10. The van der Waals surface area contributed by atoms with Crippen LogP contribution in [-0.4, -0.2) is 37.2 Å². The number of amides is 2. The van der Waals surface area contributed by atoms with Crippen molar-refractivity contribution in [3.05, 3.63) is 83.0 Å². The van der Waals surface area contributed by atoms with E-state index in [1.54, 1.807) is 0 Å². The molecule has 196 valence electrons. The Labute approximate surface area is 218 Å². The van der Waals surface area contributed by atoms with Gasteiger partial charge in [0.25, 0.3) is 0 Å². The summed E-state index contributed by atoms with van der Waals surface area (Å²) in [7, 11) is 0. The Kier molecular flexibility index (Phi) is 7.16. The van der Waals surface area contributed by atoms with Crippen LogP contribution in [0.15, 0.2) is 49.6 Å². The SMILES string of the molecule is C=CC(=O)Nc1cc(C)c(C(C)(OC(C)(c2cc(C)c(NC(=O)C=C)cc2C)C2CO2)C2CO2)cc1C. The molecule has 2 aromatic rings. The van der Waals surface area contributed by atoms with E-state index in [9.17, 15) is 9.59 Å². The third-order valence-corrected chi connectivity index (χ3v) is 7.42. The fourth-order valence-corrected chi connectivity index (χ4v) is 5.10. The van der Waals surface area contributed by atoms with Crippen molar-refractivity contribution < 1.29 is 23.8 Å². The normalized spacial score (nSPS) is 21.2. The number of ether oxygens (including phenoxy) is 3. The standard InChI is InChI=1S/C30H36N2O5/c1-9-27(33)31-23-13-17(3)21(11-19(23)5)29(7,25-15-35-25)37-30(8,26-16-36-26)22-12-20(6)24(14-18(22)4)32-28(34)10-2/h9-14,25-26H,1-2,15-16H2,3-8H3,(H,31,33)(H,32,34). The van der Waals surface area contributed by atoms with Gasteiger partial charge in [0.1, 0.15) is 23.4 Å². The van der Waals surface area contributed by atoms with Crippen LogP contribution >= 0.6 is 0 Å². The Balaban J connectivity index is 1.76. The predicted octanol–water partition coefficient (Wildman–Crippen LogP) is 5.11. The van der Waals surface area contributed by atoms with E-state index in [0.717, 1.165) is 44.8 Å². The van der Waals surface area contributed by atoms with Gasteiger partial charge in [-0.25, -0.2) is 0 Å². The van der Waals surface area contributed by atoms with Crippen molar-refractivity contribution in [2.45, 2.75) is 65.0 Å². The minimum atomic E-state index is -0.771. The first-order chi connectivity index (χ1) is 17.4. The Hall–Kier alpha value is -3.26. The summed E-state index contributed by atoms with van der Waals surface area (Å²) in [6, 6.07) is 8.06. The average Bonchev–Trinajstić information content (AvgIpc) is 3.74. The lowest BCUT2D eigenvalue weighted by molar-refractivity contribution is -0.172. The molecular formula is C30H36N2O5. The topological polar surface area (TPSA) is 92.5 Å². The minimum Gasteiger partial charge on any atom is -0.370 e. The molecule has 7 heteroatoms. The Morgan fingerprint density at radius 2 is 1.14 bits per heavy atom. The van der Waals surface area contributed by atoms with Crippen molar-refractivity contribution >= 4 is 23.2 Å². The van der Waals surface area contributed by atoms with E-state index in [0.29, 0.717) is 13.2 Å². The van der Waals surface area contributed by atoms with Gasteiger partial charge in [0, 0.05) is 11.4 Å². The predicted molar refractivity (Wildman–Crippen MR) is 145 cm³/mol. The van der Waals surface area contributed by atoms with E-state index in [4.69, 9.17) is 14.2 Å². The van der Waals surface area contributed by atoms with Gasteiger partial charge in [-0.1, -0.05) is 25.3 Å². The summed E-state index contributed by atoms with van der Waals surface area (Å²) in [5.74, 6) is -0.506. The van der Waals surface area contributed by atoms with Gasteiger partial charge in [-0.05, 0) is 99.2 Å². The Bertz CT molecular complexity index is 1180. The highest BCUT2D eigenvalue weighted by Crippen LogP contribution is 2.50. The van der Waals surface area contributed by atoms with E-state index in [1.165, 1.54) is 12.2 Å². The highest BCUT2D eigenvalue weighted by atomic mass is 16.6. The number of nitrogens with one attached hydrogen (secondary N) is 2. The summed E-state index contributed by atoms with van der Waals surface area (Å²) >= 11 is 0. The van der Waals surface area contributed by atoms with Gasteiger partial charge in [0.2, 0.25) is 11.8 Å². The molecule has 2 fully saturated rings. The monoisotopic (exact) mass is 504 g/mol. The number of carbonyl (C=O) groups excluding carboxylic acids is 2. The van der Waals surface area contributed by atoms with E-state index >= 15 is 0 Å². The maximum atomic E-state index is 11.9. The first-order valence-electron chi connectivity index (χ1n) is 12.5. The second-order valence-corrected chi connectivity index (χ2v) is 10.3. The summed E-state index contributed by atoms with van der Waals surface area (Å²) < 4.78 is 18.8. The summed E-state index contributed by atoms with van der Waals surface area (Å²) in [6.07, 6.45) is 2.27. The molecule has 2 amide bonds. The molecule has 0 spiro atoms. The van der Waals surface area contributed by atoms with Crippen molar-refractivity contribution in [3.8, 4) is 0 Å². The molecule has 0 aromatic heterocycles. The number of hydrogen-bond acceptors (Lipinski definition) is 5. The van der Waals surface area contributed by atoms with Crippen molar-refractivity contribution in [3.63, 3.8) is 0 Å². The number of carbonyl (C=O) groups is 2. The molecule has 2 N–H and O–H groups in total. The van der Waals surface area contributed by atoms with Gasteiger partial charge in [0.05, 0.1) is 13.2 Å². The number of rotatable bonds is 10. The van der Waals surface area contributed by atoms with Crippen LogP contribution in [0.3, 0.4) is 0 Å². The Morgan fingerprint density at radius 1 is 0.784 bits per heavy atom. The number of epoxide rings is 2. The van der Waals surface area contributed by atoms with Crippen molar-refractivity contribution in [2.24, 2.45) is 0 Å². The molecule has 2 aliphatic rings. The number of anilines is 2. The zero-order chi connectivity index (χ0) is 27.1. The highest BCUT2D eigenvalue weighted by Gasteiger charge is 2.56. The zero-order valence-electron chi connectivity index (χ0n) is 22.5. The third-order valence-electron chi connectivity index (χ3n) is 7.42. The number of benzene rings is 2. The van der Waals surface area contributed by atoms with E-state index < -0.39 is 11.2 Å². The van der Waals surface area contributed by atoms with Crippen LogP contribution in [0, 0.1) is 27.7 Å².